The van der Waals surface area contributed by atoms with E-state index in [1.165, 1.54) is 11.3 Å². The predicted octanol–water partition coefficient (Wildman–Crippen LogP) is 2.48. The Hall–Kier alpha value is -2.51. The minimum atomic E-state index is 0.0414. The average Bonchev–Trinajstić information content (AvgIpc) is 3.30. The van der Waals surface area contributed by atoms with Crippen LogP contribution in [0.15, 0.2) is 41.1 Å². The topological polar surface area (TPSA) is 69.2 Å². The van der Waals surface area contributed by atoms with Crippen LogP contribution in [-0.4, -0.2) is 31.9 Å². The van der Waals surface area contributed by atoms with E-state index in [-0.39, 0.29) is 6.04 Å². The lowest BCUT2D eigenvalue weighted by atomic mass is 10.3. The van der Waals surface area contributed by atoms with Crippen LogP contribution in [0.5, 0.6) is 0 Å². The zero-order chi connectivity index (χ0) is 16.5. The van der Waals surface area contributed by atoms with E-state index < -0.39 is 0 Å². The Bertz CT molecular complexity index is 827. The molecule has 7 nitrogen and oxygen atoms in total. The van der Waals surface area contributed by atoms with Gasteiger partial charge in [-0.05, 0) is 19.1 Å². The van der Waals surface area contributed by atoms with Gasteiger partial charge in [-0.1, -0.05) is 23.4 Å². The number of hydrogen-bond donors (Lipinski definition) is 0. The summed E-state index contributed by atoms with van der Waals surface area (Å²) in [6, 6.07) is 10.2. The first-order chi connectivity index (χ1) is 11.8. The molecule has 7 heteroatoms. The summed E-state index contributed by atoms with van der Waals surface area (Å²) < 4.78 is 12.4. The van der Waals surface area contributed by atoms with Crippen LogP contribution in [0.4, 0.5) is 0 Å². The zero-order valence-corrected chi connectivity index (χ0v) is 13.7. The molecule has 1 aliphatic rings. The number of methoxy groups -OCH3 is 1. The van der Waals surface area contributed by atoms with Crippen molar-refractivity contribution in [1.82, 2.24) is 24.8 Å². The highest BCUT2D eigenvalue weighted by atomic mass is 16.5. The maximum atomic E-state index is 5.38. The Morgan fingerprint density at radius 3 is 2.88 bits per heavy atom. The Kier molecular flexibility index (Phi) is 3.87. The molecule has 0 saturated heterocycles. The Balaban J connectivity index is 1.54. The summed E-state index contributed by atoms with van der Waals surface area (Å²) in [5.41, 5.74) is 3.53. The third kappa shape index (κ3) is 2.61. The molecular weight excluding hydrogens is 306 g/mol. The van der Waals surface area contributed by atoms with Crippen LogP contribution >= 0.6 is 0 Å². The summed E-state index contributed by atoms with van der Waals surface area (Å²) in [6.45, 7) is 4.06. The number of nitrogens with zero attached hydrogens (tertiary/aromatic N) is 5. The molecule has 1 aliphatic heterocycles. The van der Waals surface area contributed by atoms with Gasteiger partial charge in [0.2, 0.25) is 5.89 Å². The number of hydrogen-bond acceptors (Lipinski definition) is 6. The molecule has 4 rings (SSSR count). The molecule has 3 heterocycles. The quantitative estimate of drug-likeness (QED) is 0.718. The van der Waals surface area contributed by atoms with Crippen LogP contribution in [-0.2, 0) is 24.4 Å². The molecule has 0 aliphatic carbocycles. The van der Waals surface area contributed by atoms with Crippen LogP contribution < -0.4 is 0 Å². The molecule has 1 aromatic carbocycles. The molecule has 0 spiro atoms. The highest BCUT2D eigenvalue weighted by molar-refractivity contribution is 5.36. The average molecular weight is 325 g/mol. The van der Waals surface area contributed by atoms with Gasteiger partial charge in [0.25, 0.3) is 0 Å². The van der Waals surface area contributed by atoms with E-state index in [1.807, 2.05) is 29.1 Å². The van der Waals surface area contributed by atoms with E-state index in [4.69, 9.17) is 9.26 Å². The van der Waals surface area contributed by atoms with Crippen molar-refractivity contribution in [3.63, 3.8) is 0 Å². The number of benzene rings is 1. The van der Waals surface area contributed by atoms with Gasteiger partial charge in [-0.2, -0.15) is 10.1 Å². The van der Waals surface area contributed by atoms with E-state index in [9.17, 15) is 0 Å². The van der Waals surface area contributed by atoms with Crippen LogP contribution in [0.25, 0.3) is 5.69 Å². The molecule has 0 radical (unpaired) electrons. The van der Waals surface area contributed by atoms with E-state index in [1.54, 1.807) is 7.11 Å². The van der Waals surface area contributed by atoms with Gasteiger partial charge in [0.15, 0.2) is 5.82 Å². The van der Waals surface area contributed by atoms with Crippen molar-refractivity contribution in [1.29, 1.82) is 0 Å². The lowest BCUT2D eigenvalue weighted by molar-refractivity contribution is 0.168. The first-order valence-corrected chi connectivity index (χ1v) is 7.93. The van der Waals surface area contributed by atoms with Crippen molar-refractivity contribution >= 4 is 0 Å². The van der Waals surface area contributed by atoms with Crippen LogP contribution in [0.3, 0.4) is 0 Å². The van der Waals surface area contributed by atoms with E-state index in [0.29, 0.717) is 18.3 Å². The maximum Gasteiger partial charge on any atom is 0.243 e. The minimum Gasteiger partial charge on any atom is -0.377 e. The lowest BCUT2D eigenvalue weighted by Gasteiger charge is -2.20. The predicted molar refractivity (Wildman–Crippen MR) is 86.2 cm³/mol. The van der Waals surface area contributed by atoms with Gasteiger partial charge in [-0.15, -0.1) is 0 Å². The molecular formula is C17H19N5O2. The van der Waals surface area contributed by atoms with Gasteiger partial charge in [0, 0.05) is 25.8 Å². The van der Waals surface area contributed by atoms with Crippen molar-refractivity contribution in [2.45, 2.75) is 32.7 Å². The zero-order valence-electron chi connectivity index (χ0n) is 13.7. The van der Waals surface area contributed by atoms with E-state index in [2.05, 4.69) is 39.2 Å². The molecule has 24 heavy (non-hydrogen) atoms. The number of aromatic nitrogens is 4. The second-order valence-electron chi connectivity index (χ2n) is 5.93. The number of para-hydroxylation sites is 1. The molecule has 0 N–H and O–H groups in total. The van der Waals surface area contributed by atoms with Crippen molar-refractivity contribution < 1.29 is 9.26 Å². The second kappa shape index (κ2) is 6.18. The Morgan fingerprint density at radius 2 is 2.08 bits per heavy atom. The normalized spacial score (nSPS) is 15.6. The fourth-order valence-corrected chi connectivity index (χ4v) is 3.02. The van der Waals surface area contributed by atoms with Gasteiger partial charge in [0.05, 0.1) is 23.6 Å². The van der Waals surface area contributed by atoms with Gasteiger partial charge in [-0.3, -0.25) is 4.90 Å². The highest BCUT2D eigenvalue weighted by Crippen LogP contribution is 2.31. The van der Waals surface area contributed by atoms with Gasteiger partial charge >= 0.3 is 0 Å². The molecule has 0 bridgehead atoms. The van der Waals surface area contributed by atoms with Gasteiger partial charge < -0.3 is 9.26 Å². The highest BCUT2D eigenvalue weighted by Gasteiger charge is 2.30. The largest absolute Gasteiger partial charge is 0.377 e. The molecule has 0 amide bonds. The summed E-state index contributed by atoms with van der Waals surface area (Å²) in [5, 5.41) is 8.47. The molecule has 1 atom stereocenters. The fourth-order valence-electron chi connectivity index (χ4n) is 3.02. The van der Waals surface area contributed by atoms with Gasteiger partial charge in [0.1, 0.15) is 6.61 Å². The summed E-state index contributed by atoms with van der Waals surface area (Å²) in [5.74, 6) is 1.19. The monoisotopic (exact) mass is 325 g/mol. The summed E-state index contributed by atoms with van der Waals surface area (Å²) >= 11 is 0. The van der Waals surface area contributed by atoms with Crippen molar-refractivity contribution in [3.05, 3.63) is 59.5 Å². The molecule has 0 saturated carbocycles. The molecule has 1 unspecified atom stereocenters. The third-order valence-electron chi connectivity index (χ3n) is 4.34. The molecule has 3 aromatic rings. The molecule has 0 fully saturated rings. The third-order valence-corrected chi connectivity index (χ3v) is 4.34. The van der Waals surface area contributed by atoms with E-state index in [0.717, 1.165) is 18.8 Å². The first kappa shape index (κ1) is 15.0. The van der Waals surface area contributed by atoms with Crippen molar-refractivity contribution in [2.75, 3.05) is 7.11 Å². The summed E-state index contributed by atoms with van der Waals surface area (Å²) in [7, 11) is 1.62. The summed E-state index contributed by atoms with van der Waals surface area (Å²) in [4.78, 5) is 6.71. The molecule has 124 valence electrons. The Labute approximate surface area is 139 Å². The summed E-state index contributed by atoms with van der Waals surface area (Å²) in [6.07, 6.45) is 1.94. The SMILES string of the molecule is COCc1noc(C(C)N2Cc3cnn(-c4ccccc4)c3C2)n1. The molecule has 2 aromatic heterocycles. The van der Waals surface area contributed by atoms with Crippen molar-refractivity contribution in [2.24, 2.45) is 0 Å². The first-order valence-electron chi connectivity index (χ1n) is 7.93. The maximum absolute atomic E-state index is 5.38. The van der Waals surface area contributed by atoms with Gasteiger partial charge in [-0.25, -0.2) is 4.68 Å². The standard InChI is InChI=1S/C17H19N5O2/c1-12(17-19-16(11-23-2)20-24-17)21-9-13-8-18-22(15(13)10-21)14-6-4-3-5-7-14/h3-8,12H,9-11H2,1-2H3. The van der Waals surface area contributed by atoms with Crippen LogP contribution in [0, 0.1) is 0 Å². The second-order valence-corrected chi connectivity index (χ2v) is 5.93. The number of fused-ring (bicyclic) bond motifs is 1. The number of ether oxygens (including phenoxy) is 1. The van der Waals surface area contributed by atoms with E-state index >= 15 is 0 Å². The number of rotatable bonds is 5. The van der Waals surface area contributed by atoms with Crippen LogP contribution in [0.1, 0.15) is 35.9 Å². The minimum absolute atomic E-state index is 0.0414. The lowest BCUT2D eigenvalue weighted by Crippen LogP contribution is -2.22. The van der Waals surface area contributed by atoms with Crippen LogP contribution in [0.2, 0.25) is 0 Å². The smallest absolute Gasteiger partial charge is 0.243 e. The fraction of sp³-hybridized carbons (Fsp3) is 0.353. The Morgan fingerprint density at radius 1 is 1.25 bits per heavy atom. The van der Waals surface area contributed by atoms with Crippen molar-refractivity contribution in [3.8, 4) is 5.69 Å².